The number of anilines is 2. The second-order valence-electron chi connectivity index (χ2n) is 7.60. The smallest absolute Gasteiger partial charge is 0.265 e. The summed E-state index contributed by atoms with van der Waals surface area (Å²) < 4.78 is 5.47. The van der Waals surface area contributed by atoms with E-state index in [-0.39, 0.29) is 23.6 Å². The zero-order chi connectivity index (χ0) is 22.3. The Hall–Kier alpha value is -3.94. The molecule has 0 saturated heterocycles. The highest BCUT2D eigenvalue weighted by atomic mass is 16.5. The van der Waals surface area contributed by atoms with Gasteiger partial charge in [-0.15, -0.1) is 0 Å². The Balaban J connectivity index is 1.55. The summed E-state index contributed by atoms with van der Waals surface area (Å²) in [5, 5.41) is 2.72. The number of nitrogens with one attached hydrogen (secondary N) is 1. The average Bonchev–Trinajstić information content (AvgIpc) is 3.00. The molecule has 0 fully saturated rings. The predicted octanol–water partition coefficient (Wildman–Crippen LogP) is 2.61. The largest absolute Gasteiger partial charge is 0.482 e. The van der Waals surface area contributed by atoms with Gasteiger partial charge in [0.05, 0.1) is 16.8 Å². The molecule has 4 rings (SSSR count). The van der Waals surface area contributed by atoms with Gasteiger partial charge in [-0.25, -0.2) is 0 Å². The summed E-state index contributed by atoms with van der Waals surface area (Å²) in [5.41, 5.74) is 2.30. The van der Waals surface area contributed by atoms with Crippen LogP contribution in [0.4, 0.5) is 11.4 Å². The standard InChI is InChI=1S/C23H21N3O5/c1-13(2)11-25-18-10-15(8-9-19(18)31-12-20(25)27)24-21(28)14(3)26-22(29)16-6-4-5-7-17(16)23(26)30/h4-10,14H,1,11-12H2,2-3H3,(H,24,28). The molecule has 0 bridgehead atoms. The molecule has 0 radical (unpaired) electrons. The van der Waals surface area contributed by atoms with Gasteiger partial charge in [0.25, 0.3) is 17.7 Å². The van der Waals surface area contributed by atoms with Crippen molar-refractivity contribution in [3.63, 3.8) is 0 Å². The highest BCUT2D eigenvalue weighted by Gasteiger charge is 2.40. The first kappa shape index (κ1) is 20.3. The predicted molar refractivity (Wildman–Crippen MR) is 114 cm³/mol. The zero-order valence-electron chi connectivity index (χ0n) is 17.2. The molecule has 1 unspecified atom stereocenters. The number of ether oxygens (including phenoxy) is 1. The number of fused-ring (bicyclic) bond motifs is 2. The van der Waals surface area contributed by atoms with Crippen molar-refractivity contribution in [2.75, 3.05) is 23.4 Å². The van der Waals surface area contributed by atoms with Crippen LogP contribution < -0.4 is 15.0 Å². The number of imide groups is 1. The van der Waals surface area contributed by atoms with Crippen molar-refractivity contribution in [2.24, 2.45) is 0 Å². The van der Waals surface area contributed by atoms with Gasteiger partial charge in [0.15, 0.2) is 6.61 Å². The van der Waals surface area contributed by atoms with E-state index in [0.717, 1.165) is 10.5 Å². The molecule has 2 aromatic rings. The quantitative estimate of drug-likeness (QED) is 0.594. The van der Waals surface area contributed by atoms with Crippen molar-refractivity contribution in [3.8, 4) is 5.75 Å². The molecular weight excluding hydrogens is 398 g/mol. The van der Waals surface area contributed by atoms with E-state index in [9.17, 15) is 19.2 Å². The molecule has 1 atom stereocenters. The number of rotatable bonds is 5. The highest BCUT2D eigenvalue weighted by Crippen LogP contribution is 2.35. The third-order valence-electron chi connectivity index (χ3n) is 5.19. The van der Waals surface area contributed by atoms with Crippen LogP contribution in [0.15, 0.2) is 54.6 Å². The first-order chi connectivity index (χ1) is 14.8. The van der Waals surface area contributed by atoms with Gasteiger partial charge in [-0.3, -0.25) is 24.1 Å². The normalized spacial score (nSPS) is 15.9. The molecule has 2 aliphatic rings. The topological polar surface area (TPSA) is 96.0 Å². The molecule has 8 nitrogen and oxygen atoms in total. The molecule has 0 spiro atoms. The second-order valence-corrected chi connectivity index (χ2v) is 7.60. The number of amides is 4. The van der Waals surface area contributed by atoms with Crippen LogP contribution >= 0.6 is 0 Å². The first-order valence-electron chi connectivity index (χ1n) is 9.77. The van der Waals surface area contributed by atoms with Crippen molar-refractivity contribution in [1.29, 1.82) is 0 Å². The monoisotopic (exact) mass is 419 g/mol. The number of hydrogen-bond acceptors (Lipinski definition) is 5. The molecule has 1 N–H and O–H groups in total. The second kappa shape index (κ2) is 7.71. The van der Waals surface area contributed by atoms with Crippen molar-refractivity contribution in [1.82, 2.24) is 4.90 Å². The van der Waals surface area contributed by atoms with Crippen LogP contribution in [0.1, 0.15) is 34.6 Å². The summed E-state index contributed by atoms with van der Waals surface area (Å²) in [6, 6.07) is 10.4. The molecule has 4 amide bonds. The van der Waals surface area contributed by atoms with E-state index in [2.05, 4.69) is 11.9 Å². The number of benzene rings is 2. The van der Waals surface area contributed by atoms with E-state index in [0.29, 0.717) is 23.7 Å². The summed E-state index contributed by atoms with van der Waals surface area (Å²) in [5.74, 6) is -1.21. The van der Waals surface area contributed by atoms with Gasteiger partial charge in [-0.1, -0.05) is 24.3 Å². The number of carbonyl (C=O) groups is 4. The molecule has 2 aromatic carbocycles. The van der Waals surface area contributed by atoms with Gasteiger partial charge in [0.2, 0.25) is 5.91 Å². The lowest BCUT2D eigenvalue weighted by atomic mass is 10.1. The SMILES string of the molecule is C=C(C)CN1C(=O)COc2ccc(NC(=O)C(C)N3C(=O)c4ccccc4C3=O)cc21. The van der Waals surface area contributed by atoms with E-state index in [1.807, 2.05) is 6.92 Å². The van der Waals surface area contributed by atoms with Crippen molar-refractivity contribution in [3.05, 3.63) is 65.7 Å². The molecule has 0 aromatic heterocycles. The number of carbonyl (C=O) groups excluding carboxylic acids is 4. The van der Waals surface area contributed by atoms with E-state index in [1.165, 1.54) is 6.92 Å². The third kappa shape index (κ3) is 3.56. The Morgan fingerprint density at radius 3 is 2.39 bits per heavy atom. The molecule has 0 saturated carbocycles. The summed E-state index contributed by atoms with van der Waals surface area (Å²) in [7, 11) is 0. The lowest BCUT2D eigenvalue weighted by molar-refractivity contribution is -0.121. The maximum atomic E-state index is 12.9. The van der Waals surface area contributed by atoms with Crippen LogP contribution in [-0.2, 0) is 9.59 Å². The summed E-state index contributed by atoms with van der Waals surface area (Å²) >= 11 is 0. The van der Waals surface area contributed by atoms with Crippen molar-refractivity contribution < 1.29 is 23.9 Å². The first-order valence-corrected chi connectivity index (χ1v) is 9.77. The Morgan fingerprint density at radius 1 is 1.13 bits per heavy atom. The minimum absolute atomic E-state index is 0.0667. The molecule has 0 aliphatic carbocycles. The summed E-state index contributed by atoms with van der Waals surface area (Å²) in [6.07, 6.45) is 0. The van der Waals surface area contributed by atoms with Gasteiger partial charge >= 0.3 is 0 Å². The van der Waals surface area contributed by atoms with Crippen molar-refractivity contribution in [2.45, 2.75) is 19.9 Å². The van der Waals surface area contributed by atoms with Crippen LogP contribution in [0.5, 0.6) is 5.75 Å². The van der Waals surface area contributed by atoms with Crippen LogP contribution in [0.3, 0.4) is 0 Å². The number of nitrogens with zero attached hydrogens (tertiary/aromatic N) is 2. The fraction of sp³-hybridized carbons (Fsp3) is 0.217. The van der Waals surface area contributed by atoms with Gasteiger partial charge in [-0.05, 0) is 44.2 Å². The van der Waals surface area contributed by atoms with E-state index < -0.39 is 23.8 Å². The van der Waals surface area contributed by atoms with E-state index >= 15 is 0 Å². The van der Waals surface area contributed by atoms with Gasteiger partial charge in [0, 0.05) is 12.2 Å². The molecule has 2 heterocycles. The zero-order valence-corrected chi connectivity index (χ0v) is 17.2. The lowest BCUT2D eigenvalue weighted by Crippen LogP contribution is -2.45. The Bertz CT molecular complexity index is 1100. The lowest BCUT2D eigenvalue weighted by Gasteiger charge is -2.30. The minimum Gasteiger partial charge on any atom is -0.482 e. The van der Waals surface area contributed by atoms with Crippen molar-refractivity contribution >= 4 is 35.0 Å². The Morgan fingerprint density at radius 2 is 1.77 bits per heavy atom. The third-order valence-corrected chi connectivity index (χ3v) is 5.19. The fourth-order valence-electron chi connectivity index (χ4n) is 3.65. The van der Waals surface area contributed by atoms with Gasteiger partial charge in [-0.2, -0.15) is 0 Å². The highest BCUT2D eigenvalue weighted by molar-refractivity contribution is 6.23. The maximum Gasteiger partial charge on any atom is 0.265 e. The molecular formula is C23H21N3O5. The van der Waals surface area contributed by atoms with Gasteiger partial charge < -0.3 is 15.0 Å². The van der Waals surface area contributed by atoms with Crippen LogP contribution in [0.25, 0.3) is 0 Å². The number of hydrogen-bond donors (Lipinski definition) is 1. The van der Waals surface area contributed by atoms with Crippen LogP contribution in [-0.4, -0.2) is 47.7 Å². The minimum atomic E-state index is -1.02. The van der Waals surface area contributed by atoms with E-state index in [1.54, 1.807) is 47.4 Å². The molecule has 158 valence electrons. The van der Waals surface area contributed by atoms with Gasteiger partial charge in [0.1, 0.15) is 11.8 Å². The summed E-state index contributed by atoms with van der Waals surface area (Å²) in [6.45, 7) is 7.43. The molecule has 2 aliphatic heterocycles. The Labute approximate surface area is 179 Å². The average molecular weight is 419 g/mol. The molecule has 8 heteroatoms. The molecule has 31 heavy (non-hydrogen) atoms. The van der Waals surface area contributed by atoms with Crippen LogP contribution in [0.2, 0.25) is 0 Å². The van der Waals surface area contributed by atoms with Crippen LogP contribution in [0, 0.1) is 0 Å². The van der Waals surface area contributed by atoms with E-state index in [4.69, 9.17) is 4.74 Å². The summed E-state index contributed by atoms with van der Waals surface area (Å²) in [4.78, 5) is 52.9. The fourth-order valence-corrected chi connectivity index (χ4v) is 3.65. The maximum absolute atomic E-state index is 12.9. The Kier molecular flexibility index (Phi) is 5.06.